The van der Waals surface area contributed by atoms with Crippen LogP contribution in [-0.4, -0.2) is 58.3 Å². The van der Waals surface area contributed by atoms with Gasteiger partial charge in [-0.05, 0) is 37.1 Å². The Kier molecular flexibility index (Phi) is 7.49. The summed E-state index contributed by atoms with van der Waals surface area (Å²) in [6, 6.07) is 3.41. The maximum Gasteiger partial charge on any atom is 0.405 e. The van der Waals surface area contributed by atoms with Crippen molar-refractivity contribution in [1.29, 1.82) is 0 Å². The van der Waals surface area contributed by atoms with Crippen molar-refractivity contribution >= 4 is 39.5 Å². The predicted octanol–water partition coefficient (Wildman–Crippen LogP) is 3.18. The second-order valence-electron chi connectivity index (χ2n) is 7.19. The lowest BCUT2D eigenvalue weighted by Crippen LogP contribution is -2.36. The topological polar surface area (TPSA) is 110 Å². The van der Waals surface area contributed by atoms with E-state index in [0.717, 1.165) is 12.1 Å². The zero-order valence-electron chi connectivity index (χ0n) is 18.2. The van der Waals surface area contributed by atoms with Gasteiger partial charge in [-0.2, -0.15) is 22.6 Å². The molecule has 34 heavy (non-hydrogen) atoms. The number of amides is 2. The number of hydrogen-bond donors (Lipinski definition) is 2. The van der Waals surface area contributed by atoms with Gasteiger partial charge in [-0.3, -0.25) is 9.59 Å². The van der Waals surface area contributed by atoms with Crippen LogP contribution in [0.15, 0.2) is 35.1 Å². The number of halogens is 4. The monoisotopic (exact) mass is 500 g/mol. The number of carbonyl (C=O) groups is 2. The van der Waals surface area contributed by atoms with Crippen molar-refractivity contribution < 1.29 is 31.9 Å². The molecule has 0 spiro atoms. The molecule has 14 heteroatoms. The van der Waals surface area contributed by atoms with Crippen LogP contribution < -0.4 is 15.4 Å². The summed E-state index contributed by atoms with van der Waals surface area (Å²) in [5.74, 6) is -2.01. The van der Waals surface area contributed by atoms with E-state index in [-0.39, 0.29) is 17.3 Å². The highest BCUT2D eigenvalue weighted by atomic mass is 32.2. The SMILES string of the molecule is Cc1c(C(=O)N=S(C)C)cn2ncnc(Nc3ccc(F)cc3OCC(=O)NCC(F)(F)F)c12. The van der Waals surface area contributed by atoms with E-state index in [2.05, 4.69) is 19.8 Å². The van der Waals surface area contributed by atoms with Gasteiger partial charge in [0.1, 0.15) is 30.0 Å². The highest BCUT2D eigenvalue weighted by Crippen LogP contribution is 2.31. The van der Waals surface area contributed by atoms with Gasteiger partial charge in [-0.15, -0.1) is 0 Å². The van der Waals surface area contributed by atoms with Crippen LogP contribution in [0, 0.1) is 12.7 Å². The van der Waals surface area contributed by atoms with E-state index < -0.39 is 47.7 Å². The van der Waals surface area contributed by atoms with Gasteiger partial charge < -0.3 is 15.4 Å². The number of nitrogens with one attached hydrogen (secondary N) is 2. The van der Waals surface area contributed by atoms with E-state index in [9.17, 15) is 27.2 Å². The zero-order valence-corrected chi connectivity index (χ0v) is 19.1. The Morgan fingerprint density at radius 2 is 2.00 bits per heavy atom. The van der Waals surface area contributed by atoms with E-state index in [1.54, 1.807) is 24.8 Å². The van der Waals surface area contributed by atoms with Gasteiger partial charge in [0.05, 0.1) is 11.3 Å². The Hall–Kier alpha value is -3.55. The molecular weight excluding hydrogens is 480 g/mol. The summed E-state index contributed by atoms with van der Waals surface area (Å²) in [6.07, 6.45) is 1.78. The number of anilines is 2. The minimum absolute atomic E-state index is 0.129. The first-order valence-corrected chi connectivity index (χ1v) is 11.6. The van der Waals surface area contributed by atoms with Crippen molar-refractivity contribution in [2.45, 2.75) is 13.1 Å². The third-order valence-corrected chi connectivity index (χ3v) is 4.90. The molecule has 0 atom stereocenters. The maximum absolute atomic E-state index is 13.8. The van der Waals surface area contributed by atoms with E-state index in [4.69, 9.17) is 4.74 Å². The molecule has 0 aliphatic rings. The van der Waals surface area contributed by atoms with E-state index >= 15 is 0 Å². The number of nitrogens with zero attached hydrogens (tertiary/aromatic N) is 4. The number of aryl methyl sites for hydroxylation is 1. The molecule has 2 heterocycles. The first kappa shape index (κ1) is 25.1. The van der Waals surface area contributed by atoms with E-state index in [0.29, 0.717) is 16.6 Å². The predicted molar refractivity (Wildman–Crippen MR) is 118 cm³/mol. The number of rotatable bonds is 7. The second kappa shape index (κ2) is 10.2. The first-order valence-electron chi connectivity index (χ1n) is 9.64. The standard InChI is InChI=1S/C20H20F4N6O3S/c1-11-13(19(32)29-34(2)3)7-30-17(11)18(26-10-27-30)28-14-5-4-12(21)6-15(14)33-8-16(31)25-9-20(22,23)24/h4-7,10H,8-9H2,1-3H3,(H,25,31)(H,26,27,28). The normalized spacial score (nSPS) is 11.5. The first-order chi connectivity index (χ1) is 15.9. The van der Waals surface area contributed by atoms with Crippen LogP contribution in [0.4, 0.5) is 29.1 Å². The number of alkyl halides is 3. The molecule has 182 valence electrons. The van der Waals surface area contributed by atoms with Crippen LogP contribution >= 0.6 is 0 Å². The average molecular weight is 500 g/mol. The Bertz CT molecular complexity index is 1270. The van der Waals surface area contributed by atoms with Crippen LogP contribution in [0.1, 0.15) is 15.9 Å². The van der Waals surface area contributed by atoms with Gasteiger partial charge in [-0.25, -0.2) is 13.9 Å². The molecule has 0 fully saturated rings. The molecule has 1 aromatic carbocycles. The molecule has 0 aliphatic carbocycles. The number of aromatic nitrogens is 3. The summed E-state index contributed by atoms with van der Waals surface area (Å²) in [6.45, 7) is -0.586. The van der Waals surface area contributed by atoms with Crippen LogP contribution in [-0.2, 0) is 15.5 Å². The van der Waals surface area contributed by atoms with Gasteiger partial charge >= 0.3 is 6.18 Å². The lowest BCUT2D eigenvalue weighted by molar-refractivity contribution is -0.139. The lowest BCUT2D eigenvalue weighted by atomic mass is 10.2. The molecule has 0 aliphatic heterocycles. The van der Waals surface area contributed by atoms with Crippen molar-refractivity contribution in [1.82, 2.24) is 19.9 Å². The molecule has 2 amide bonds. The van der Waals surface area contributed by atoms with Crippen molar-refractivity contribution in [3.8, 4) is 5.75 Å². The van der Waals surface area contributed by atoms with Gasteiger partial charge in [0.15, 0.2) is 12.4 Å². The summed E-state index contributed by atoms with van der Waals surface area (Å²) in [5.41, 5.74) is 1.53. The minimum Gasteiger partial charge on any atom is -0.481 e. The highest BCUT2D eigenvalue weighted by molar-refractivity contribution is 7.86. The molecule has 2 N–H and O–H groups in total. The summed E-state index contributed by atoms with van der Waals surface area (Å²) in [4.78, 5) is 28.3. The lowest BCUT2D eigenvalue weighted by Gasteiger charge is -2.14. The van der Waals surface area contributed by atoms with Crippen LogP contribution in [0.25, 0.3) is 5.52 Å². The van der Waals surface area contributed by atoms with Gasteiger partial charge in [-0.1, -0.05) is 10.7 Å². The molecule has 0 radical (unpaired) electrons. The van der Waals surface area contributed by atoms with Crippen molar-refractivity contribution in [3.63, 3.8) is 0 Å². The van der Waals surface area contributed by atoms with Gasteiger partial charge in [0, 0.05) is 12.3 Å². The van der Waals surface area contributed by atoms with Gasteiger partial charge in [0.2, 0.25) is 0 Å². The number of carbonyl (C=O) groups excluding carboxylic acids is 2. The van der Waals surface area contributed by atoms with E-state index in [1.807, 2.05) is 0 Å². The zero-order chi connectivity index (χ0) is 25.0. The molecule has 0 bridgehead atoms. The summed E-state index contributed by atoms with van der Waals surface area (Å²) in [7, 11) is -0.464. The third kappa shape index (κ3) is 6.27. The Balaban J connectivity index is 1.88. The molecule has 9 nitrogen and oxygen atoms in total. The number of benzene rings is 1. The molecule has 2 aromatic heterocycles. The Morgan fingerprint density at radius 3 is 2.68 bits per heavy atom. The summed E-state index contributed by atoms with van der Waals surface area (Å²) in [5, 5.41) is 8.71. The molecular formula is C20H20F4N6O3S. The molecule has 3 aromatic rings. The molecule has 0 saturated heterocycles. The minimum atomic E-state index is -4.57. The quantitative estimate of drug-likeness (QED) is 0.483. The largest absolute Gasteiger partial charge is 0.481 e. The number of hydrogen-bond acceptors (Lipinski definition) is 6. The van der Waals surface area contributed by atoms with Crippen molar-refractivity contribution in [3.05, 3.63) is 47.7 Å². The average Bonchev–Trinajstić information content (AvgIpc) is 3.09. The molecule has 0 saturated carbocycles. The van der Waals surface area contributed by atoms with Gasteiger partial charge in [0.25, 0.3) is 11.8 Å². The van der Waals surface area contributed by atoms with E-state index in [1.165, 1.54) is 23.1 Å². The van der Waals surface area contributed by atoms with Crippen molar-refractivity contribution in [2.75, 3.05) is 31.0 Å². The smallest absolute Gasteiger partial charge is 0.405 e. The fourth-order valence-corrected chi connectivity index (χ4v) is 3.35. The third-order valence-electron chi connectivity index (χ3n) is 4.36. The number of fused-ring (bicyclic) bond motifs is 1. The Labute approximate surface area is 193 Å². The van der Waals surface area contributed by atoms with Crippen LogP contribution in [0.3, 0.4) is 0 Å². The highest BCUT2D eigenvalue weighted by Gasteiger charge is 2.27. The number of ether oxygens (including phenoxy) is 1. The van der Waals surface area contributed by atoms with Crippen LogP contribution in [0.2, 0.25) is 0 Å². The molecule has 0 unspecified atom stereocenters. The maximum atomic E-state index is 13.8. The van der Waals surface area contributed by atoms with Crippen molar-refractivity contribution in [2.24, 2.45) is 4.36 Å². The fourth-order valence-electron chi connectivity index (χ4n) is 2.92. The Morgan fingerprint density at radius 1 is 1.26 bits per heavy atom. The summed E-state index contributed by atoms with van der Waals surface area (Å²) >= 11 is 0. The molecule has 3 rings (SSSR count). The fraction of sp³-hybridized carbons (Fsp3) is 0.300. The summed E-state index contributed by atoms with van der Waals surface area (Å²) < 4.78 is 61.3. The van der Waals surface area contributed by atoms with Crippen LogP contribution in [0.5, 0.6) is 5.75 Å². The second-order valence-corrected chi connectivity index (χ2v) is 8.91.